The van der Waals surface area contributed by atoms with E-state index < -0.39 is 18.2 Å². The number of benzene rings is 2. The largest absolute Gasteiger partial charge is 0.438 e. The Labute approximate surface area is 129 Å². The minimum atomic E-state index is -0.574. The van der Waals surface area contributed by atoms with Crippen LogP contribution in [-0.4, -0.2) is 16.9 Å². The predicted octanol–water partition coefficient (Wildman–Crippen LogP) is 3.86. The predicted molar refractivity (Wildman–Crippen MR) is 82.0 cm³/mol. The van der Waals surface area contributed by atoms with Crippen molar-refractivity contribution in [2.75, 3.05) is 0 Å². The van der Waals surface area contributed by atoms with E-state index in [9.17, 15) is 9.59 Å². The Morgan fingerprint density at radius 3 is 2.09 bits per heavy atom. The van der Waals surface area contributed by atoms with Crippen molar-refractivity contribution in [3.05, 3.63) is 71.8 Å². The fourth-order valence-electron chi connectivity index (χ4n) is 2.77. The number of carbonyl (C=O) groups excluding carboxylic acids is 2. The summed E-state index contributed by atoms with van der Waals surface area (Å²) in [6.45, 7) is 1.74. The maximum Gasteiger partial charge on any atom is 0.417 e. The molecule has 4 nitrogen and oxygen atoms in total. The van der Waals surface area contributed by atoms with Crippen LogP contribution in [0.3, 0.4) is 0 Å². The van der Waals surface area contributed by atoms with Gasteiger partial charge in [0.2, 0.25) is 5.91 Å². The molecule has 1 aliphatic heterocycles. The zero-order chi connectivity index (χ0) is 15.5. The van der Waals surface area contributed by atoms with Gasteiger partial charge >= 0.3 is 6.09 Å². The van der Waals surface area contributed by atoms with Crippen LogP contribution in [0.1, 0.15) is 36.6 Å². The lowest BCUT2D eigenvalue weighted by Gasteiger charge is -2.23. The molecular weight excluding hydrogens is 278 g/mol. The second-order valence-corrected chi connectivity index (χ2v) is 5.19. The monoisotopic (exact) mass is 295 g/mol. The van der Waals surface area contributed by atoms with Gasteiger partial charge in [-0.05, 0) is 11.1 Å². The molecule has 2 aromatic carbocycles. The van der Waals surface area contributed by atoms with Crippen LogP contribution in [0.15, 0.2) is 60.7 Å². The molecule has 4 heteroatoms. The Morgan fingerprint density at radius 2 is 1.55 bits per heavy atom. The van der Waals surface area contributed by atoms with Crippen LogP contribution >= 0.6 is 0 Å². The highest BCUT2D eigenvalue weighted by Crippen LogP contribution is 2.43. The Morgan fingerprint density at radius 1 is 1.00 bits per heavy atom. The lowest BCUT2D eigenvalue weighted by atomic mass is 9.95. The van der Waals surface area contributed by atoms with Gasteiger partial charge in [-0.1, -0.05) is 67.6 Å². The van der Waals surface area contributed by atoms with E-state index in [0.29, 0.717) is 0 Å². The van der Waals surface area contributed by atoms with Crippen LogP contribution < -0.4 is 0 Å². The number of ether oxygens (including phenoxy) is 1. The van der Waals surface area contributed by atoms with Crippen LogP contribution in [0.4, 0.5) is 4.79 Å². The second-order valence-electron chi connectivity index (χ2n) is 5.19. The topological polar surface area (TPSA) is 46.6 Å². The summed E-state index contributed by atoms with van der Waals surface area (Å²) in [7, 11) is 0. The number of nitrogens with zero attached hydrogens (tertiary/aromatic N) is 1. The molecule has 112 valence electrons. The molecular formula is C18H17NO3. The Hall–Kier alpha value is -2.62. The second kappa shape index (κ2) is 6.02. The average molecular weight is 295 g/mol. The van der Waals surface area contributed by atoms with Crippen molar-refractivity contribution in [1.82, 2.24) is 4.90 Å². The summed E-state index contributed by atoms with van der Waals surface area (Å²) in [5.41, 5.74) is 1.78. The van der Waals surface area contributed by atoms with Crippen molar-refractivity contribution in [2.24, 2.45) is 0 Å². The molecule has 3 rings (SSSR count). The summed E-state index contributed by atoms with van der Waals surface area (Å²) >= 11 is 0. The van der Waals surface area contributed by atoms with Crippen LogP contribution in [0.25, 0.3) is 0 Å². The first kappa shape index (κ1) is 14.3. The smallest absolute Gasteiger partial charge is 0.417 e. The summed E-state index contributed by atoms with van der Waals surface area (Å²) < 4.78 is 5.52. The molecule has 0 N–H and O–H groups in total. The number of carbonyl (C=O) groups is 2. The zero-order valence-corrected chi connectivity index (χ0v) is 12.3. The molecule has 2 atom stereocenters. The van der Waals surface area contributed by atoms with Crippen LogP contribution in [-0.2, 0) is 9.53 Å². The standard InChI is InChI=1S/C18H17NO3/c1-2-15(20)19-16(13-9-5-3-6-10-13)17(22-18(19)21)14-11-7-4-8-12-14/h3-12,16-17H,2H2,1H3/t16-,17+/m1/s1. The minimum Gasteiger partial charge on any atom is -0.438 e. The molecule has 2 amide bonds. The molecule has 1 fully saturated rings. The van der Waals surface area contributed by atoms with Crippen LogP contribution in [0.2, 0.25) is 0 Å². The van der Waals surface area contributed by atoms with Gasteiger partial charge in [-0.3, -0.25) is 4.79 Å². The number of amides is 2. The van der Waals surface area contributed by atoms with E-state index in [4.69, 9.17) is 4.74 Å². The van der Waals surface area contributed by atoms with Crippen LogP contribution in [0.5, 0.6) is 0 Å². The fourth-order valence-corrected chi connectivity index (χ4v) is 2.77. The van der Waals surface area contributed by atoms with E-state index in [0.717, 1.165) is 11.1 Å². The lowest BCUT2D eigenvalue weighted by molar-refractivity contribution is -0.129. The van der Waals surface area contributed by atoms with Gasteiger partial charge in [-0.25, -0.2) is 9.69 Å². The molecule has 1 heterocycles. The number of cyclic esters (lactones) is 1. The summed E-state index contributed by atoms with van der Waals surface area (Å²) in [6.07, 6.45) is -0.791. The van der Waals surface area contributed by atoms with E-state index in [1.807, 2.05) is 60.7 Å². The van der Waals surface area contributed by atoms with Crippen LogP contribution in [0, 0.1) is 0 Å². The summed E-state index contributed by atoms with van der Waals surface area (Å²) in [6, 6.07) is 18.6. The Kier molecular flexibility index (Phi) is 3.92. The molecule has 1 aliphatic rings. The third-order valence-corrected chi connectivity index (χ3v) is 3.83. The molecule has 1 saturated heterocycles. The fraction of sp³-hybridized carbons (Fsp3) is 0.222. The van der Waals surface area contributed by atoms with E-state index >= 15 is 0 Å². The Balaban J connectivity index is 2.06. The highest BCUT2D eigenvalue weighted by Gasteiger charge is 2.46. The molecule has 0 aliphatic carbocycles. The summed E-state index contributed by atoms with van der Waals surface area (Å²) in [5.74, 6) is -0.225. The molecule has 0 unspecified atom stereocenters. The quantitative estimate of drug-likeness (QED) is 0.864. The van der Waals surface area contributed by atoms with E-state index in [2.05, 4.69) is 0 Å². The van der Waals surface area contributed by atoms with Crippen molar-refractivity contribution in [2.45, 2.75) is 25.5 Å². The number of hydrogen-bond donors (Lipinski definition) is 0. The normalized spacial score (nSPS) is 20.8. The molecule has 22 heavy (non-hydrogen) atoms. The van der Waals surface area contributed by atoms with Gasteiger partial charge in [-0.15, -0.1) is 0 Å². The highest BCUT2D eigenvalue weighted by atomic mass is 16.6. The third kappa shape index (κ3) is 2.48. The first-order valence-electron chi connectivity index (χ1n) is 7.35. The lowest BCUT2D eigenvalue weighted by Crippen LogP contribution is -2.33. The van der Waals surface area contributed by atoms with E-state index in [1.54, 1.807) is 6.92 Å². The van der Waals surface area contributed by atoms with Crippen molar-refractivity contribution >= 4 is 12.0 Å². The maximum absolute atomic E-state index is 12.2. The zero-order valence-electron chi connectivity index (χ0n) is 12.3. The number of hydrogen-bond acceptors (Lipinski definition) is 3. The van der Waals surface area contributed by atoms with Crippen molar-refractivity contribution in [3.63, 3.8) is 0 Å². The minimum absolute atomic E-state index is 0.225. The van der Waals surface area contributed by atoms with Gasteiger partial charge in [-0.2, -0.15) is 0 Å². The molecule has 2 aromatic rings. The maximum atomic E-state index is 12.2. The molecule has 0 spiro atoms. The van der Waals surface area contributed by atoms with E-state index in [-0.39, 0.29) is 12.3 Å². The molecule has 0 bridgehead atoms. The highest BCUT2D eigenvalue weighted by molar-refractivity contribution is 5.94. The van der Waals surface area contributed by atoms with Gasteiger partial charge in [0.25, 0.3) is 0 Å². The Bertz CT molecular complexity index is 669. The SMILES string of the molecule is CCC(=O)N1C(=O)O[C@@H](c2ccccc2)[C@H]1c1ccccc1. The third-order valence-electron chi connectivity index (χ3n) is 3.83. The average Bonchev–Trinajstić information content (AvgIpc) is 2.93. The van der Waals surface area contributed by atoms with Crippen molar-refractivity contribution in [3.8, 4) is 0 Å². The first-order chi connectivity index (χ1) is 10.7. The number of imide groups is 1. The molecule has 0 radical (unpaired) electrons. The first-order valence-corrected chi connectivity index (χ1v) is 7.35. The number of rotatable bonds is 3. The van der Waals surface area contributed by atoms with Gasteiger partial charge in [0.1, 0.15) is 6.04 Å². The van der Waals surface area contributed by atoms with Crippen molar-refractivity contribution < 1.29 is 14.3 Å². The van der Waals surface area contributed by atoms with Gasteiger partial charge in [0, 0.05) is 6.42 Å². The van der Waals surface area contributed by atoms with Gasteiger partial charge in [0.05, 0.1) is 0 Å². The molecule has 0 aromatic heterocycles. The van der Waals surface area contributed by atoms with Gasteiger partial charge < -0.3 is 4.74 Å². The molecule has 0 saturated carbocycles. The van der Waals surface area contributed by atoms with Crippen molar-refractivity contribution in [1.29, 1.82) is 0 Å². The van der Waals surface area contributed by atoms with E-state index in [1.165, 1.54) is 4.90 Å². The van der Waals surface area contributed by atoms with Gasteiger partial charge in [0.15, 0.2) is 6.10 Å². The summed E-state index contributed by atoms with van der Waals surface area (Å²) in [5, 5.41) is 0. The summed E-state index contributed by atoms with van der Waals surface area (Å²) in [4.78, 5) is 25.7.